The van der Waals surface area contributed by atoms with Crippen molar-refractivity contribution < 1.29 is 9.90 Å². The molecule has 1 aromatic heterocycles. The fourth-order valence-corrected chi connectivity index (χ4v) is 3.18. The minimum Gasteiger partial charge on any atom is -0.395 e. The van der Waals surface area contributed by atoms with Crippen LogP contribution in [0.3, 0.4) is 0 Å². The van der Waals surface area contributed by atoms with Crippen molar-refractivity contribution >= 4 is 11.6 Å². The summed E-state index contributed by atoms with van der Waals surface area (Å²) < 4.78 is 1.63. The molecule has 124 valence electrons. The number of amides is 1. The lowest BCUT2D eigenvalue weighted by Crippen LogP contribution is -2.30. The standard InChI is InChI=1S/C16H28N4O2/c1-2-3-5-13-6-4-7-15(13)19-14-10-18-20(11-14)12-16(22)17-8-9-21/h10-11,13,15,19,21H,2-9,12H2,1H3,(H,17,22). The van der Waals surface area contributed by atoms with E-state index in [1.807, 2.05) is 6.20 Å². The molecular formula is C16H28N4O2. The molecule has 1 fully saturated rings. The zero-order valence-electron chi connectivity index (χ0n) is 13.4. The Labute approximate surface area is 132 Å². The highest BCUT2D eigenvalue weighted by atomic mass is 16.3. The van der Waals surface area contributed by atoms with Gasteiger partial charge in [0.15, 0.2) is 0 Å². The van der Waals surface area contributed by atoms with E-state index in [0.29, 0.717) is 6.04 Å². The van der Waals surface area contributed by atoms with Crippen LogP contribution in [0.5, 0.6) is 0 Å². The summed E-state index contributed by atoms with van der Waals surface area (Å²) in [6.07, 6.45) is 11.3. The molecule has 1 aromatic rings. The van der Waals surface area contributed by atoms with Crippen molar-refractivity contribution in [3.05, 3.63) is 12.4 Å². The second-order valence-electron chi connectivity index (χ2n) is 6.08. The smallest absolute Gasteiger partial charge is 0.241 e. The number of hydrogen-bond donors (Lipinski definition) is 3. The van der Waals surface area contributed by atoms with Crippen LogP contribution in [0.25, 0.3) is 0 Å². The Hall–Kier alpha value is -1.56. The zero-order valence-corrected chi connectivity index (χ0v) is 13.4. The fourth-order valence-electron chi connectivity index (χ4n) is 3.18. The number of anilines is 1. The molecule has 2 unspecified atom stereocenters. The molecule has 2 atom stereocenters. The largest absolute Gasteiger partial charge is 0.395 e. The molecule has 1 saturated carbocycles. The number of nitrogens with one attached hydrogen (secondary N) is 2. The predicted octanol–water partition coefficient (Wildman–Crippen LogP) is 1.76. The number of aliphatic hydroxyl groups excluding tert-OH is 1. The van der Waals surface area contributed by atoms with E-state index in [1.165, 1.54) is 38.5 Å². The zero-order chi connectivity index (χ0) is 15.8. The fraction of sp³-hybridized carbons (Fsp3) is 0.750. The van der Waals surface area contributed by atoms with Crippen molar-refractivity contribution in [2.45, 2.75) is 58.0 Å². The lowest BCUT2D eigenvalue weighted by Gasteiger charge is -2.20. The second kappa shape index (κ2) is 8.78. The van der Waals surface area contributed by atoms with Gasteiger partial charge in [-0.2, -0.15) is 5.10 Å². The molecule has 6 nitrogen and oxygen atoms in total. The summed E-state index contributed by atoms with van der Waals surface area (Å²) in [4.78, 5) is 11.6. The first-order valence-corrected chi connectivity index (χ1v) is 8.39. The molecule has 1 aliphatic rings. The molecule has 0 aliphatic heterocycles. The topological polar surface area (TPSA) is 79.2 Å². The molecule has 3 N–H and O–H groups in total. The molecule has 0 spiro atoms. The van der Waals surface area contributed by atoms with Crippen LogP contribution in [0.2, 0.25) is 0 Å². The van der Waals surface area contributed by atoms with Gasteiger partial charge in [-0.05, 0) is 25.2 Å². The summed E-state index contributed by atoms with van der Waals surface area (Å²) in [5.74, 6) is 0.626. The number of hydrogen-bond acceptors (Lipinski definition) is 4. The average molecular weight is 308 g/mol. The Kier molecular flexibility index (Phi) is 6.71. The van der Waals surface area contributed by atoms with Crippen LogP contribution >= 0.6 is 0 Å². The molecule has 6 heteroatoms. The van der Waals surface area contributed by atoms with Gasteiger partial charge in [-0.15, -0.1) is 0 Å². The lowest BCUT2D eigenvalue weighted by molar-refractivity contribution is -0.122. The van der Waals surface area contributed by atoms with E-state index in [1.54, 1.807) is 10.9 Å². The molecule has 0 aromatic carbocycles. The summed E-state index contributed by atoms with van der Waals surface area (Å²) in [5, 5.41) is 19.1. The SMILES string of the molecule is CCCCC1CCCC1Nc1cnn(CC(=O)NCCO)c1. The van der Waals surface area contributed by atoms with Gasteiger partial charge in [0.2, 0.25) is 5.91 Å². The number of aliphatic hydroxyl groups is 1. The van der Waals surface area contributed by atoms with Gasteiger partial charge < -0.3 is 15.7 Å². The molecule has 1 aliphatic carbocycles. The maximum atomic E-state index is 11.6. The van der Waals surface area contributed by atoms with Gasteiger partial charge in [-0.1, -0.05) is 26.2 Å². The van der Waals surface area contributed by atoms with Crippen molar-refractivity contribution in [1.29, 1.82) is 0 Å². The van der Waals surface area contributed by atoms with Gasteiger partial charge in [0.1, 0.15) is 6.54 Å². The minimum atomic E-state index is -0.134. The number of rotatable bonds is 9. The van der Waals surface area contributed by atoms with E-state index in [-0.39, 0.29) is 25.6 Å². The number of nitrogens with zero attached hydrogens (tertiary/aromatic N) is 2. The Morgan fingerprint density at radius 1 is 1.50 bits per heavy atom. The van der Waals surface area contributed by atoms with E-state index < -0.39 is 0 Å². The van der Waals surface area contributed by atoms with Gasteiger partial charge in [0.05, 0.1) is 18.5 Å². The Morgan fingerprint density at radius 2 is 2.36 bits per heavy atom. The molecule has 0 saturated heterocycles. The van der Waals surface area contributed by atoms with Gasteiger partial charge in [0.25, 0.3) is 0 Å². The Bertz CT molecular complexity index is 461. The van der Waals surface area contributed by atoms with E-state index in [9.17, 15) is 4.79 Å². The first-order chi connectivity index (χ1) is 10.7. The third-order valence-electron chi connectivity index (χ3n) is 4.31. The van der Waals surface area contributed by atoms with Crippen molar-refractivity contribution in [1.82, 2.24) is 15.1 Å². The number of carbonyl (C=O) groups is 1. The average Bonchev–Trinajstić information content (AvgIpc) is 3.13. The van der Waals surface area contributed by atoms with Crippen molar-refractivity contribution in [3.8, 4) is 0 Å². The minimum absolute atomic E-state index is 0.0432. The molecule has 0 bridgehead atoms. The number of unbranched alkanes of at least 4 members (excludes halogenated alkanes) is 1. The van der Waals surface area contributed by atoms with Crippen LogP contribution in [0, 0.1) is 5.92 Å². The van der Waals surface area contributed by atoms with Crippen LogP contribution in [-0.2, 0) is 11.3 Å². The van der Waals surface area contributed by atoms with Crippen LogP contribution in [0.1, 0.15) is 45.4 Å². The Balaban J connectivity index is 1.82. The highest BCUT2D eigenvalue weighted by Crippen LogP contribution is 2.32. The molecular weight excluding hydrogens is 280 g/mol. The van der Waals surface area contributed by atoms with E-state index >= 15 is 0 Å². The Morgan fingerprint density at radius 3 is 3.14 bits per heavy atom. The lowest BCUT2D eigenvalue weighted by atomic mass is 9.97. The van der Waals surface area contributed by atoms with E-state index in [2.05, 4.69) is 22.7 Å². The summed E-state index contributed by atoms with van der Waals surface area (Å²) in [6, 6.07) is 0.535. The van der Waals surface area contributed by atoms with Crippen molar-refractivity contribution in [2.75, 3.05) is 18.5 Å². The highest BCUT2D eigenvalue weighted by molar-refractivity contribution is 5.75. The first-order valence-electron chi connectivity index (χ1n) is 8.39. The monoisotopic (exact) mass is 308 g/mol. The molecule has 1 heterocycles. The van der Waals surface area contributed by atoms with Crippen LogP contribution in [0.15, 0.2) is 12.4 Å². The van der Waals surface area contributed by atoms with Gasteiger partial charge in [-0.25, -0.2) is 0 Å². The first kappa shape index (κ1) is 16.8. The van der Waals surface area contributed by atoms with Crippen LogP contribution < -0.4 is 10.6 Å². The van der Waals surface area contributed by atoms with Crippen LogP contribution in [0.4, 0.5) is 5.69 Å². The summed E-state index contributed by atoms with van der Waals surface area (Å²) in [5.41, 5.74) is 0.989. The van der Waals surface area contributed by atoms with Crippen LogP contribution in [-0.4, -0.2) is 40.0 Å². The number of aromatic nitrogens is 2. The third kappa shape index (κ3) is 5.02. The summed E-state index contributed by atoms with van der Waals surface area (Å²) >= 11 is 0. The molecule has 2 rings (SSSR count). The maximum absolute atomic E-state index is 11.6. The predicted molar refractivity (Wildman–Crippen MR) is 86.6 cm³/mol. The maximum Gasteiger partial charge on any atom is 0.241 e. The van der Waals surface area contributed by atoms with Crippen molar-refractivity contribution in [2.24, 2.45) is 5.92 Å². The van der Waals surface area contributed by atoms with Gasteiger partial charge in [0, 0.05) is 18.8 Å². The van der Waals surface area contributed by atoms with Crippen molar-refractivity contribution in [3.63, 3.8) is 0 Å². The molecule has 22 heavy (non-hydrogen) atoms. The third-order valence-corrected chi connectivity index (χ3v) is 4.31. The number of carbonyl (C=O) groups excluding carboxylic acids is 1. The van der Waals surface area contributed by atoms with E-state index in [4.69, 9.17) is 5.11 Å². The normalized spacial score (nSPS) is 21.0. The quantitative estimate of drug-likeness (QED) is 0.649. The summed E-state index contributed by atoms with van der Waals surface area (Å²) in [7, 11) is 0. The summed E-state index contributed by atoms with van der Waals surface area (Å²) in [6.45, 7) is 2.67. The second-order valence-corrected chi connectivity index (χ2v) is 6.08. The van der Waals surface area contributed by atoms with E-state index in [0.717, 1.165) is 11.6 Å². The highest BCUT2D eigenvalue weighted by Gasteiger charge is 2.26. The van der Waals surface area contributed by atoms with Gasteiger partial charge >= 0.3 is 0 Å². The van der Waals surface area contributed by atoms with Gasteiger partial charge in [-0.3, -0.25) is 9.48 Å². The molecule has 1 amide bonds. The molecule has 0 radical (unpaired) electrons.